The number of hydrogen-bond acceptors (Lipinski definition) is 4. The number of fused-ring (bicyclic) bond motifs is 9. The van der Waals surface area contributed by atoms with Gasteiger partial charge in [0.25, 0.3) is 0 Å². The lowest BCUT2D eigenvalue weighted by Crippen LogP contribution is -2.14. The summed E-state index contributed by atoms with van der Waals surface area (Å²) in [6.45, 7) is 4.69. The lowest BCUT2D eigenvalue weighted by atomic mass is 9.82. The molecule has 3 aromatic heterocycles. The summed E-state index contributed by atoms with van der Waals surface area (Å²) in [6.07, 6.45) is 0. The van der Waals surface area contributed by atoms with E-state index >= 15 is 0 Å². The smallest absolute Gasteiger partial charge is 0.164 e. The normalized spacial score (nSPS) is 13.1. The SMILES string of the molecule is CC1(C)c2ccccc2-c2cc3c4ccccc4n(-c4ccc5oc6cc(-c7nc(-c8ccccc8)nc(-c8cccc(-c9ccccc9)c8)n7)ccc6c5c4)c3cc21. The maximum absolute atomic E-state index is 6.60. The van der Waals surface area contributed by atoms with Crippen molar-refractivity contribution in [2.75, 3.05) is 0 Å². The summed E-state index contributed by atoms with van der Waals surface area (Å²) in [6, 6.07) is 64.2. The molecule has 59 heavy (non-hydrogen) atoms. The molecule has 0 fully saturated rings. The third-order valence-corrected chi connectivity index (χ3v) is 12.2. The van der Waals surface area contributed by atoms with E-state index < -0.39 is 0 Å². The van der Waals surface area contributed by atoms with Crippen molar-refractivity contribution >= 4 is 43.7 Å². The molecule has 0 atom stereocenters. The van der Waals surface area contributed by atoms with E-state index in [4.69, 9.17) is 19.4 Å². The number of rotatable bonds is 5. The van der Waals surface area contributed by atoms with Gasteiger partial charge in [0.2, 0.25) is 0 Å². The van der Waals surface area contributed by atoms with Crippen LogP contribution in [-0.4, -0.2) is 19.5 Å². The summed E-state index contributed by atoms with van der Waals surface area (Å²) in [5, 5.41) is 4.60. The number of benzene rings is 8. The third kappa shape index (κ3) is 5.21. The van der Waals surface area contributed by atoms with Gasteiger partial charge in [-0.2, -0.15) is 0 Å². The highest BCUT2D eigenvalue weighted by Crippen LogP contribution is 2.51. The largest absolute Gasteiger partial charge is 0.456 e. The van der Waals surface area contributed by atoms with E-state index in [9.17, 15) is 0 Å². The summed E-state index contributed by atoms with van der Waals surface area (Å²) in [5.41, 5.74) is 15.3. The van der Waals surface area contributed by atoms with Crippen molar-refractivity contribution in [3.8, 4) is 62.1 Å². The Morgan fingerprint density at radius 1 is 0.390 bits per heavy atom. The van der Waals surface area contributed by atoms with Crippen molar-refractivity contribution in [3.05, 3.63) is 193 Å². The molecule has 278 valence electrons. The molecule has 5 heteroatoms. The van der Waals surface area contributed by atoms with Gasteiger partial charge in [0.15, 0.2) is 17.5 Å². The first-order valence-corrected chi connectivity index (χ1v) is 20.1. The van der Waals surface area contributed by atoms with Gasteiger partial charge >= 0.3 is 0 Å². The summed E-state index contributed by atoms with van der Waals surface area (Å²) >= 11 is 0. The van der Waals surface area contributed by atoms with Crippen LogP contribution in [0.3, 0.4) is 0 Å². The standard InChI is InChI=1S/C54H36N4O/c1-54(2)45-22-11-9-20-39(45)42-31-43-40-21-10-12-23-47(40)58(48(43)32-46(42)54)38-25-27-49-44(30-38)41-26-24-37(29-50(41)59-49)53-56-51(34-16-7-4-8-17-34)55-52(57-53)36-19-13-18-35(28-36)33-14-5-3-6-15-33/h3-32H,1-2H3. The Bertz CT molecular complexity index is 3470. The lowest BCUT2D eigenvalue weighted by Gasteiger charge is -2.21. The highest BCUT2D eigenvalue weighted by atomic mass is 16.3. The molecule has 11 aromatic rings. The van der Waals surface area contributed by atoms with Gasteiger partial charge in [-0.05, 0) is 88.0 Å². The van der Waals surface area contributed by atoms with Crippen molar-refractivity contribution in [3.63, 3.8) is 0 Å². The van der Waals surface area contributed by atoms with Gasteiger partial charge in [-0.1, -0.05) is 141 Å². The molecule has 0 bridgehead atoms. The molecule has 0 radical (unpaired) electrons. The monoisotopic (exact) mass is 756 g/mol. The molecule has 8 aromatic carbocycles. The van der Waals surface area contributed by atoms with E-state index in [-0.39, 0.29) is 5.41 Å². The minimum atomic E-state index is -0.100. The van der Waals surface area contributed by atoms with Crippen LogP contribution in [0.15, 0.2) is 186 Å². The second-order valence-electron chi connectivity index (χ2n) is 16.1. The van der Waals surface area contributed by atoms with Crippen molar-refractivity contribution in [2.24, 2.45) is 0 Å². The topological polar surface area (TPSA) is 56.7 Å². The van der Waals surface area contributed by atoms with Crippen LogP contribution in [0.2, 0.25) is 0 Å². The van der Waals surface area contributed by atoms with Crippen LogP contribution in [0.4, 0.5) is 0 Å². The van der Waals surface area contributed by atoms with Crippen LogP contribution in [0.1, 0.15) is 25.0 Å². The minimum absolute atomic E-state index is 0.100. The fraction of sp³-hybridized carbons (Fsp3) is 0.0556. The Hall–Kier alpha value is -7.63. The van der Waals surface area contributed by atoms with Gasteiger partial charge in [0.05, 0.1) is 11.0 Å². The Kier molecular flexibility index (Phi) is 7.20. The van der Waals surface area contributed by atoms with Crippen LogP contribution in [-0.2, 0) is 5.41 Å². The third-order valence-electron chi connectivity index (χ3n) is 12.2. The van der Waals surface area contributed by atoms with Gasteiger partial charge in [0.1, 0.15) is 11.2 Å². The number of para-hydroxylation sites is 1. The Balaban J connectivity index is 0.992. The molecule has 0 spiro atoms. The van der Waals surface area contributed by atoms with E-state index in [0.29, 0.717) is 17.5 Å². The van der Waals surface area contributed by atoms with Crippen LogP contribution in [0, 0.1) is 0 Å². The van der Waals surface area contributed by atoms with Crippen molar-refractivity contribution in [1.29, 1.82) is 0 Å². The zero-order valence-electron chi connectivity index (χ0n) is 32.5. The summed E-state index contributed by atoms with van der Waals surface area (Å²) in [4.78, 5) is 15.1. The minimum Gasteiger partial charge on any atom is -0.456 e. The first-order valence-electron chi connectivity index (χ1n) is 20.1. The van der Waals surface area contributed by atoms with Crippen LogP contribution < -0.4 is 0 Å². The molecule has 1 aliphatic carbocycles. The van der Waals surface area contributed by atoms with E-state index in [1.807, 2.05) is 36.4 Å². The fourth-order valence-electron chi connectivity index (χ4n) is 9.30. The lowest BCUT2D eigenvalue weighted by molar-refractivity contribution is 0.661. The number of hydrogen-bond donors (Lipinski definition) is 0. The van der Waals surface area contributed by atoms with Gasteiger partial charge in [0, 0.05) is 49.3 Å². The van der Waals surface area contributed by atoms with Crippen LogP contribution in [0.25, 0.3) is 106 Å². The molecule has 0 N–H and O–H groups in total. The van der Waals surface area contributed by atoms with E-state index in [1.54, 1.807) is 0 Å². The van der Waals surface area contributed by atoms with E-state index in [1.165, 1.54) is 44.1 Å². The molecule has 5 nitrogen and oxygen atoms in total. The molecule has 0 aliphatic heterocycles. The van der Waals surface area contributed by atoms with Crippen molar-refractivity contribution in [2.45, 2.75) is 19.3 Å². The van der Waals surface area contributed by atoms with Gasteiger partial charge in [-0.3, -0.25) is 0 Å². The maximum Gasteiger partial charge on any atom is 0.164 e. The number of nitrogens with zero attached hydrogens (tertiary/aromatic N) is 4. The predicted octanol–water partition coefficient (Wildman–Crippen LogP) is 13.8. The first-order chi connectivity index (χ1) is 29.0. The Morgan fingerprint density at radius 3 is 1.86 bits per heavy atom. The quantitative estimate of drug-likeness (QED) is 0.175. The molecule has 0 amide bonds. The molecular weight excluding hydrogens is 721 g/mol. The van der Waals surface area contributed by atoms with Crippen molar-refractivity contribution in [1.82, 2.24) is 19.5 Å². The maximum atomic E-state index is 6.60. The zero-order valence-corrected chi connectivity index (χ0v) is 32.5. The van der Waals surface area contributed by atoms with Gasteiger partial charge in [-0.25, -0.2) is 15.0 Å². The highest BCUT2D eigenvalue weighted by Gasteiger charge is 2.36. The van der Waals surface area contributed by atoms with Gasteiger partial charge < -0.3 is 8.98 Å². The summed E-state index contributed by atoms with van der Waals surface area (Å²) < 4.78 is 9.02. The van der Waals surface area contributed by atoms with Crippen LogP contribution in [0.5, 0.6) is 0 Å². The second-order valence-corrected chi connectivity index (χ2v) is 16.1. The summed E-state index contributed by atoms with van der Waals surface area (Å²) in [5.74, 6) is 1.82. The Labute approximate surface area is 340 Å². The number of aromatic nitrogens is 4. The molecule has 3 heterocycles. The summed E-state index contributed by atoms with van der Waals surface area (Å²) in [7, 11) is 0. The van der Waals surface area contributed by atoms with Crippen LogP contribution >= 0.6 is 0 Å². The van der Waals surface area contributed by atoms with E-state index in [2.05, 4.69) is 164 Å². The second kappa shape index (κ2) is 12.7. The zero-order chi connectivity index (χ0) is 39.2. The molecule has 1 aliphatic rings. The van der Waals surface area contributed by atoms with E-state index in [0.717, 1.165) is 55.4 Å². The van der Waals surface area contributed by atoms with Crippen molar-refractivity contribution < 1.29 is 4.42 Å². The average Bonchev–Trinajstić information content (AvgIpc) is 3.90. The molecule has 0 unspecified atom stereocenters. The molecule has 0 saturated heterocycles. The first kappa shape index (κ1) is 33.5. The number of furan rings is 1. The molecule has 0 saturated carbocycles. The molecular formula is C54H36N4O. The fourth-order valence-corrected chi connectivity index (χ4v) is 9.30. The average molecular weight is 757 g/mol. The predicted molar refractivity (Wildman–Crippen MR) is 241 cm³/mol. The van der Waals surface area contributed by atoms with Gasteiger partial charge in [-0.15, -0.1) is 0 Å². The Morgan fingerprint density at radius 2 is 1.05 bits per heavy atom. The highest BCUT2D eigenvalue weighted by molar-refractivity contribution is 6.12. The molecule has 12 rings (SSSR count).